The van der Waals surface area contributed by atoms with Crippen LogP contribution in [0.15, 0.2) is 22.7 Å². The fourth-order valence-corrected chi connectivity index (χ4v) is 1.22. The Labute approximate surface area is 98.6 Å². The molecule has 0 aliphatic heterocycles. The van der Waals surface area contributed by atoms with E-state index in [-0.39, 0.29) is 18.2 Å². The second-order valence-corrected chi connectivity index (χ2v) is 4.14. The minimum atomic E-state index is -0.206. The maximum atomic E-state index is 13.0. The van der Waals surface area contributed by atoms with Gasteiger partial charge in [-0.15, -0.1) is 12.4 Å². The lowest BCUT2D eigenvalue weighted by molar-refractivity contribution is 0.580. The van der Waals surface area contributed by atoms with Crippen LogP contribution in [-0.2, 0) is 6.54 Å². The van der Waals surface area contributed by atoms with Crippen molar-refractivity contribution in [3.05, 3.63) is 34.1 Å². The van der Waals surface area contributed by atoms with Crippen LogP contribution in [0.2, 0.25) is 0 Å². The second kappa shape index (κ2) is 6.38. The van der Waals surface area contributed by atoms with Crippen molar-refractivity contribution in [1.29, 1.82) is 0 Å². The van der Waals surface area contributed by atoms with Gasteiger partial charge in [0.15, 0.2) is 0 Å². The highest BCUT2D eigenvalue weighted by Crippen LogP contribution is 2.16. The van der Waals surface area contributed by atoms with Crippen molar-refractivity contribution >= 4 is 28.3 Å². The van der Waals surface area contributed by atoms with Gasteiger partial charge in [-0.2, -0.15) is 0 Å². The minimum absolute atomic E-state index is 0. The Morgan fingerprint density at radius 2 is 2.07 bits per heavy atom. The predicted octanol–water partition coefficient (Wildman–Crippen LogP) is 3.51. The third-order valence-electron chi connectivity index (χ3n) is 1.70. The van der Waals surface area contributed by atoms with Gasteiger partial charge < -0.3 is 5.32 Å². The quantitative estimate of drug-likeness (QED) is 0.894. The lowest BCUT2D eigenvalue weighted by Gasteiger charge is -2.08. The van der Waals surface area contributed by atoms with Crippen molar-refractivity contribution < 1.29 is 4.39 Å². The Balaban J connectivity index is 0.00000169. The zero-order chi connectivity index (χ0) is 9.84. The van der Waals surface area contributed by atoms with Crippen LogP contribution in [0.4, 0.5) is 4.39 Å². The molecule has 0 atom stereocenters. The Bertz CT molecular complexity index is 291. The van der Waals surface area contributed by atoms with Crippen molar-refractivity contribution in [2.45, 2.75) is 26.4 Å². The van der Waals surface area contributed by atoms with Crippen LogP contribution in [0.5, 0.6) is 0 Å². The van der Waals surface area contributed by atoms with E-state index in [0.29, 0.717) is 17.1 Å². The standard InChI is InChI=1S/C10H13BrFN.ClH/c1-7(2)13-6-8-3-4-9(11)10(12)5-8;/h3-5,7,13H,6H2,1-2H3;1H. The van der Waals surface area contributed by atoms with E-state index in [1.54, 1.807) is 12.1 Å². The highest BCUT2D eigenvalue weighted by atomic mass is 79.9. The normalized spacial score (nSPS) is 10.1. The Hall–Kier alpha value is -0.120. The molecule has 0 heterocycles. The first-order valence-corrected chi connectivity index (χ1v) is 5.06. The van der Waals surface area contributed by atoms with Gasteiger partial charge >= 0.3 is 0 Å². The first kappa shape index (κ1) is 13.9. The Kier molecular flexibility index (Phi) is 6.33. The van der Waals surface area contributed by atoms with Crippen molar-refractivity contribution in [3.8, 4) is 0 Å². The number of halogens is 3. The molecule has 0 aliphatic rings. The maximum absolute atomic E-state index is 13.0. The van der Waals surface area contributed by atoms with Gasteiger partial charge in [-0.25, -0.2) is 4.39 Å². The third-order valence-corrected chi connectivity index (χ3v) is 2.34. The van der Waals surface area contributed by atoms with Gasteiger partial charge in [0, 0.05) is 12.6 Å². The van der Waals surface area contributed by atoms with E-state index >= 15 is 0 Å². The van der Waals surface area contributed by atoms with Crippen molar-refractivity contribution in [2.75, 3.05) is 0 Å². The lowest BCUT2D eigenvalue weighted by Crippen LogP contribution is -2.21. The van der Waals surface area contributed by atoms with Crippen LogP contribution in [0, 0.1) is 5.82 Å². The number of rotatable bonds is 3. The Morgan fingerprint density at radius 1 is 1.43 bits per heavy atom. The van der Waals surface area contributed by atoms with Gasteiger partial charge in [0.05, 0.1) is 4.47 Å². The highest BCUT2D eigenvalue weighted by Gasteiger charge is 2.00. The molecule has 0 unspecified atom stereocenters. The molecule has 4 heteroatoms. The highest BCUT2D eigenvalue weighted by molar-refractivity contribution is 9.10. The second-order valence-electron chi connectivity index (χ2n) is 3.28. The number of benzene rings is 1. The summed E-state index contributed by atoms with van der Waals surface area (Å²) in [7, 11) is 0. The predicted molar refractivity (Wildman–Crippen MR) is 63.3 cm³/mol. The van der Waals surface area contributed by atoms with Crippen LogP contribution >= 0.6 is 28.3 Å². The molecule has 14 heavy (non-hydrogen) atoms. The summed E-state index contributed by atoms with van der Waals surface area (Å²) in [5.74, 6) is -0.206. The van der Waals surface area contributed by atoms with Crippen molar-refractivity contribution in [3.63, 3.8) is 0 Å². The first-order valence-electron chi connectivity index (χ1n) is 4.27. The summed E-state index contributed by atoms with van der Waals surface area (Å²) in [4.78, 5) is 0. The molecule has 0 bridgehead atoms. The zero-order valence-electron chi connectivity index (χ0n) is 8.18. The van der Waals surface area contributed by atoms with Crippen LogP contribution in [0.25, 0.3) is 0 Å². The molecule has 0 spiro atoms. The first-order chi connectivity index (χ1) is 6.09. The fourth-order valence-electron chi connectivity index (χ4n) is 0.972. The van der Waals surface area contributed by atoms with E-state index in [9.17, 15) is 4.39 Å². The largest absolute Gasteiger partial charge is 0.310 e. The molecule has 0 aromatic heterocycles. The summed E-state index contributed by atoms with van der Waals surface area (Å²) in [6.45, 7) is 4.84. The molecule has 0 saturated heterocycles. The minimum Gasteiger partial charge on any atom is -0.310 e. The summed E-state index contributed by atoms with van der Waals surface area (Å²) in [5.41, 5.74) is 0.967. The molecule has 0 aliphatic carbocycles. The Morgan fingerprint density at radius 3 is 2.57 bits per heavy atom. The van der Waals surface area contributed by atoms with Crippen LogP contribution in [-0.4, -0.2) is 6.04 Å². The summed E-state index contributed by atoms with van der Waals surface area (Å²) in [6.07, 6.45) is 0. The third kappa shape index (κ3) is 4.40. The molecule has 1 N–H and O–H groups in total. The number of nitrogens with one attached hydrogen (secondary N) is 1. The van der Waals surface area contributed by atoms with Crippen LogP contribution in [0.1, 0.15) is 19.4 Å². The molecular formula is C10H14BrClFN. The SMILES string of the molecule is CC(C)NCc1ccc(Br)c(F)c1.Cl. The smallest absolute Gasteiger partial charge is 0.137 e. The van der Waals surface area contributed by atoms with Gasteiger partial charge in [-0.1, -0.05) is 19.9 Å². The summed E-state index contributed by atoms with van der Waals surface area (Å²) >= 11 is 3.11. The van der Waals surface area contributed by atoms with E-state index in [0.717, 1.165) is 5.56 Å². The zero-order valence-corrected chi connectivity index (χ0v) is 10.6. The summed E-state index contributed by atoms with van der Waals surface area (Å²) < 4.78 is 13.5. The maximum Gasteiger partial charge on any atom is 0.137 e. The van der Waals surface area contributed by atoms with Gasteiger partial charge in [-0.05, 0) is 33.6 Å². The molecular weight excluding hydrogens is 268 g/mol. The average molecular weight is 283 g/mol. The van der Waals surface area contributed by atoms with E-state index in [2.05, 4.69) is 35.1 Å². The van der Waals surface area contributed by atoms with Crippen LogP contribution < -0.4 is 5.32 Å². The summed E-state index contributed by atoms with van der Waals surface area (Å²) in [5, 5.41) is 3.23. The number of hydrogen-bond donors (Lipinski definition) is 1. The molecule has 1 aromatic carbocycles. The van der Waals surface area contributed by atoms with Crippen LogP contribution in [0.3, 0.4) is 0 Å². The van der Waals surface area contributed by atoms with Gasteiger partial charge in [0.2, 0.25) is 0 Å². The molecule has 80 valence electrons. The molecule has 0 radical (unpaired) electrons. The molecule has 0 amide bonds. The molecule has 1 nitrogen and oxygen atoms in total. The molecule has 0 saturated carbocycles. The fraction of sp³-hybridized carbons (Fsp3) is 0.400. The molecule has 1 aromatic rings. The van der Waals surface area contributed by atoms with E-state index in [4.69, 9.17) is 0 Å². The van der Waals surface area contributed by atoms with Gasteiger partial charge in [0.25, 0.3) is 0 Å². The average Bonchev–Trinajstić information content (AvgIpc) is 2.07. The van der Waals surface area contributed by atoms with E-state index in [1.807, 2.05) is 6.07 Å². The number of hydrogen-bond acceptors (Lipinski definition) is 1. The lowest BCUT2D eigenvalue weighted by atomic mass is 10.2. The van der Waals surface area contributed by atoms with Crippen molar-refractivity contribution in [1.82, 2.24) is 5.32 Å². The molecule has 1 rings (SSSR count). The topological polar surface area (TPSA) is 12.0 Å². The molecule has 0 fully saturated rings. The summed E-state index contributed by atoms with van der Waals surface area (Å²) in [6, 6.07) is 5.60. The van der Waals surface area contributed by atoms with Gasteiger partial charge in [-0.3, -0.25) is 0 Å². The van der Waals surface area contributed by atoms with E-state index in [1.165, 1.54) is 0 Å². The van der Waals surface area contributed by atoms with Gasteiger partial charge in [0.1, 0.15) is 5.82 Å². The van der Waals surface area contributed by atoms with Crippen molar-refractivity contribution in [2.24, 2.45) is 0 Å². The van der Waals surface area contributed by atoms with E-state index < -0.39 is 0 Å². The monoisotopic (exact) mass is 281 g/mol.